The van der Waals surface area contributed by atoms with Gasteiger partial charge in [0.25, 0.3) is 0 Å². The van der Waals surface area contributed by atoms with Crippen molar-refractivity contribution in [1.29, 1.82) is 0 Å². The summed E-state index contributed by atoms with van der Waals surface area (Å²) in [6.07, 6.45) is -0.512. The number of carbonyl (C=O) groups excluding carboxylic acids is 3. The highest BCUT2D eigenvalue weighted by Crippen LogP contribution is 2.33. The molecule has 2 aliphatic heterocycles. The lowest BCUT2D eigenvalue weighted by Gasteiger charge is -2.26. The van der Waals surface area contributed by atoms with E-state index in [0.29, 0.717) is 0 Å². The summed E-state index contributed by atoms with van der Waals surface area (Å²) in [7, 11) is 0. The van der Waals surface area contributed by atoms with Crippen molar-refractivity contribution in [2.75, 3.05) is 0 Å². The quantitative estimate of drug-likeness (QED) is 0.602. The lowest BCUT2D eigenvalue weighted by molar-refractivity contribution is -0.460. The zero-order chi connectivity index (χ0) is 11.9. The molecule has 8 nitrogen and oxygen atoms in total. The second kappa shape index (κ2) is 3.42. The van der Waals surface area contributed by atoms with Gasteiger partial charge in [0.15, 0.2) is 5.60 Å². The summed E-state index contributed by atoms with van der Waals surface area (Å²) in [4.78, 5) is 47.3. The SMILES string of the molecule is CCC1C(=O)ON2OC(=O)CC1(O)C(=O)O2. The molecule has 3 atom stereocenters. The molecule has 8 heteroatoms. The molecule has 2 rings (SSSR count). The van der Waals surface area contributed by atoms with E-state index in [0.717, 1.165) is 0 Å². The van der Waals surface area contributed by atoms with Crippen LogP contribution in [-0.2, 0) is 28.9 Å². The van der Waals surface area contributed by atoms with Crippen molar-refractivity contribution >= 4 is 17.9 Å². The molecule has 0 amide bonds. The topological polar surface area (TPSA) is 102 Å². The molecule has 0 aromatic carbocycles. The summed E-state index contributed by atoms with van der Waals surface area (Å²) >= 11 is 0. The molecule has 0 spiro atoms. The van der Waals surface area contributed by atoms with Gasteiger partial charge in [0.1, 0.15) is 0 Å². The van der Waals surface area contributed by atoms with Gasteiger partial charge >= 0.3 is 17.9 Å². The van der Waals surface area contributed by atoms with Crippen molar-refractivity contribution in [1.82, 2.24) is 5.39 Å². The number of hydrogen-bond donors (Lipinski definition) is 1. The minimum atomic E-state index is -2.23. The van der Waals surface area contributed by atoms with Crippen molar-refractivity contribution in [2.45, 2.75) is 25.4 Å². The number of rotatable bonds is 1. The Kier molecular flexibility index (Phi) is 2.32. The molecule has 88 valence electrons. The van der Waals surface area contributed by atoms with Crippen LogP contribution in [0.15, 0.2) is 0 Å². The Morgan fingerprint density at radius 2 is 2.06 bits per heavy atom. The maximum absolute atomic E-state index is 11.5. The van der Waals surface area contributed by atoms with E-state index >= 15 is 0 Å². The van der Waals surface area contributed by atoms with Crippen molar-refractivity contribution in [3.05, 3.63) is 0 Å². The highest BCUT2D eigenvalue weighted by molar-refractivity contribution is 5.92. The smallest absolute Gasteiger partial charge is 0.365 e. The number of fused-ring (bicyclic) bond motifs is 3. The number of hydrogen-bond acceptors (Lipinski definition) is 8. The molecule has 2 aliphatic rings. The number of nitrogens with zero attached hydrogens (tertiary/aromatic N) is 1. The van der Waals surface area contributed by atoms with E-state index in [-0.39, 0.29) is 11.8 Å². The molecule has 0 saturated carbocycles. The predicted octanol–water partition coefficient (Wildman–Crippen LogP) is -1.16. The summed E-state index contributed by atoms with van der Waals surface area (Å²) in [5.74, 6) is -4.10. The molecule has 2 saturated heterocycles. The predicted molar refractivity (Wildman–Crippen MR) is 43.5 cm³/mol. The van der Waals surface area contributed by atoms with E-state index in [4.69, 9.17) is 0 Å². The van der Waals surface area contributed by atoms with Crippen LogP contribution in [0.2, 0.25) is 0 Å². The van der Waals surface area contributed by atoms with Crippen LogP contribution < -0.4 is 0 Å². The van der Waals surface area contributed by atoms with Crippen molar-refractivity contribution in [2.24, 2.45) is 5.92 Å². The van der Waals surface area contributed by atoms with Crippen LogP contribution in [0.25, 0.3) is 0 Å². The standard InChI is InChI=1S/C8H9NO7/c1-2-4-6(11)15-9-14-5(10)3-8(4,13)7(12)16-9/h4,13H,2-3H2,1H3. The van der Waals surface area contributed by atoms with Gasteiger partial charge in [-0.1, -0.05) is 6.92 Å². The largest absolute Gasteiger partial charge is 0.377 e. The minimum absolute atomic E-state index is 0.0284. The molecule has 3 unspecified atom stereocenters. The van der Waals surface area contributed by atoms with Crippen LogP contribution in [0.3, 0.4) is 0 Å². The Morgan fingerprint density at radius 3 is 2.69 bits per heavy atom. The first kappa shape index (κ1) is 10.8. The average Bonchev–Trinajstić information content (AvgIpc) is 2.29. The lowest BCUT2D eigenvalue weighted by atomic mass is 9.82. The molecular formula is C8H9NO7. The molecule has 2 heterocycles. The zero-order valence-electron chi connectivity index (χ0n) is 8.34. The van der Waals surface area contributed by atoms with Gasteiger partial charge in [0.05, 0.1) is 12.3 Å². The Morgan fingerprint density at radius 1 is 1.38 bits per heavy atom. The van der Waals surface area contributed by atoms with Gasteiger partial charge in [-0.05, 0) is 6.42 Å². The fourth-order valence-electron chi connectivity index (χ4n) is 1.71. The Labute approximate surface area is 89.5 Å². The Bertz CT molecular complexity index is 367. The molecular weight excluding hydrogens is 222 g/mol. The van der Waals surface area contributed by atoms with Gasteiger partial charge < -0.3 is 9.94 Å². The Balaban J connectivity index is 2.47. The second-order valence-electron chi connectivity index (χ2n) is 3.54. The fourth-order valence-corrected chi connectivity index (χ4v) is 1.71. The third-order valence-electron chi connectivity index (χ3n) is 2.53. The van der Waals surface area contributed by atoms with E-state index in [1.54, 1.807) is 6.92 Å². The molecule has 0 aromatic heterocycles. The van der Waals surface area contributed by atoms with Gasteiger partial charge in [-0.25, -0.2) is 14.4 Å². The highest BCUT2D eigenvalue weighted by atomic mass is 17.2. The number of aliphatic hydroxyl groups is 1. The first-order chi connectivity index (χ1) is 7.47. The summed E-state index contributed by atoms with van der Waals surface area (Å²) in [6.45, 7) is 1.58. The van der Waals surface area contributed by atoms with Gasteiger partial charge in [-0.2, -0.15) is 0 Å². The van der Waals surface area contributed by atoms with Crippen molar-refractivity contribution in [3.8, 4) is 0 Å². The monoisotopic (exact) mass is 231 g/mol. The molecule has 0 aliphatic carbocycles. The fraction of sp³-hybridized carbons (Fsp3) is 0.625. The zero-order valence-corrected chi connectivity index (χ0v) is 8.34. The van der Waals surface area contributed by atoms with E-state index in [2.05, 4.69) is 14.5 Å². The van der Waals surface area contributed by atoms with Crippen LogP contribution in [0.5, 0.6) is 0 Å². The molecule has 16 heavy (non-hydrogen) atoms. The van der Waals surface area contributed by atoms with E-state index < -0.39 is 35.8 Å². The van der Waals surface area contributed by atoms with E-state index in [1.165, 1.54) is 0 Å². The first-order valence-electron chi connectivity index (χ1n) is 4.65. The van der Waals surface area contributed by atoms with Crippen LogP contribution in [0, 0.1) is 5.92 Å². The molecule has 2 bridgehead atoms. The third kappa shape index (κ3) is 1.42. The maximum atomic E-state index is 11.5. The van der Waals surface area contributed by atoms with Gasteiger partial charge in [0.2, 0.25) is 5.39 Å². The first-order valence-corrected chi connectivity index (χ1v) is 4.65. The van der Waals surface area contributed by atoms with Crippen LogP contribution in [-0.4, -0.2) is 34.0 Å². The highest BCUT2D eigenvalue weighted by Gasteiger charge is 2.57. The van der Waals surface area contributed by atoms with Crippen LogP contribution in [0.4, 0.5) is 0 Å². The van der Waals surface area contributed by atoms with Gasteiger partial charge in [-0.15, -0.1) is 0 Å². The normalized spacial score (nSPS) is 38.2. The number of carbonyl (C=O) groups is 3. The molecule has 0 radical (unpaired) electrons. The summed E-state index contributed by atoms with van der Waals surface area (Å²) < 4.78 is 0. The third-order valence-corrected chi connectivity index (χ3v) is 2.53. The van der Waals surface area contributed by atoms with Gasteiger partial charge in [0, 0.05) is 0 Å². The summed E-state index contributed by atoms with van der Waals surface area (Å²) in [5, 5.41) is 10.1. The molecule has 0 aromatic rings. The molecule has 2 fully saturated rings. The van der Waals surface area contributed by atoms with Crippen molar-refractivity contribution in [3.63, 3.8) is 0 Å². The Hall–Kier alpha value is -1.67. The van der Waals surface area contributed by atoms with Gasteiger partial charge in [-0.3, -0.25) is 9.68 Å². The minimum Gasteiger partial charge on any atom is -0.377 e. The van der Waals surface area contributed by atoms with E-state index in [9.17, 15) is 19.5 Å². The summed E-state index contributed by atoms with van der Waals surface area (Å²) in [5.41, 5.74) is -2.23. The van der Waals surface area contributed by atoms with Crippen LogP contribution >= 0.6 is 0 Å². The molecule has 1 N–H and O–H groups in total. The van der Waals surface area contributed by atoms with Crippen LogP contribution in [0.1, 0.15) is 19.8 Å². The maximum Gasteiger partial charge on any atom is 0.365 e. The summed E-state index contributed by atoms with van der Waals surface area (Å²) in [6, 6.07) is 0. The average molecular weight is 231 g/mol. The van der Waals surface area contributed by atoms with E-state index in [1.807, 2.05) is 0 Å². The second-order valence-corrected chi connectivity index (χ2v) is 3.54. The lowest BCUT2D eigenvalue weighted by Crippen LogP contribution is -2.49. The van der Waals surface area contributed by atoms with Crippen molar-refractivity contribution < 1.29 is 34.0 Å².